The van der Waals surface area contributed by atoms with E-state index in [4.69, 9.17) is 0 Å². The number of para-hydroxylation sites is 2. The summed E-state index contributed by atoms with van der Waals surface area (Å²) in [6, 6.07) is 19.1. The first-order chi connectivity index (χ1) is 11.7. The lowest BCUT2D eigenvalue weighted by molar-refractivity contribution is 0.261. The van der Waals surface area contributed by atoms with E-state index < -0.39 is 0 Å². The number of fused-ring (bicyclic) bond motifs is 2. The Morgan fingerprint density at radius 2 is 1.04 bits per heavy atom. The predicted octanol–water partition coefficient (Wildman–Crippen LogP) is 5.61. The third kappa shape index (κ3) is 2.64. The maximum atomic E-state index is 12.4. The zero-order valence-corrected chi connectivity index (χ0v) is 14.1. The van der Waals surface area contributed by atoms with Gasteiger partial charge in [0.15, 0.2) is 0 Å². The lowest BCUT2D eigenvalue weighted by Crippen LogP contribution is -2.05. The van der Waals surface area contributed by atoms with Crippen molar-refractivity contribution in [2.75, 3.05) is 0 Å². The van der Waals surface area contributed by atoms with E-state index in [-0.39, 0.29) is 10.5 Å². The summed E-state index contributed by atoms with van der Waals surface area (Å²) in [5.74, 6) is 0. The Bertz CT molecular complexity index is 979. The summed E-state index contributed by atoms with van der Waals surface area (Å²) in [6.45, 7) is 0. The van der Waals surface area contributed by atoms with Crippen molar-refractivity contribution in [3.05, 3.63) is 73.1 Å². The molecular formula is C18H12N2O2S2. The van der Waals surface area contributed by atoms with E-state index in [9.17, 15) is 9.59 Å². The van der Waals surface area contributed by atoms with Crippen molar-refractivity contribution < 1.29 is 9.59 Å². The largest absolute Gasteiger partial charge is 0.301 e. The van der Waals surface area contributed by atoms with Crippen molar-refractivity contribution in [1.29, 1.82) is 0 Å². The Hall–Kier alpha value is -2.44. The highest BCUT2D eigenvalue weighted by Gasteiger charge is 2.15. The van der Waals surface area contributed by atoms with E-state index in [1.165, 1.54) is 0 Å². The minimum Gasteiger partial charge on any atom is -0.277 e. The molecule has 6 heteroatoms. The van der Waals surface area contributed by atoms with Crippen LogP contribution in [0.3, 0.4) is 0 Å². The number of carbonyl (C=O) groups is 2. The topological polar surface area (TPSA) is 44.0 Å². The van der Waals surface area contributed by atoms with Gasteiger partial charge < -0.3 is 0 Å². The van der Waals surface area contributed by atoms with Gasteiger partial charge in [0, 0.05) is 44.8 Å². The minimum atomic E-state index is -0.189. The van der Waals surface area contributed by atoms with Crippen LogP contribution in [0.1, 0.15) is 0 Å². The molecule has 4 rings (SSSR count). The van der Waals surface area contributed by atoms with Crippen molar-refractivity contribution in [3.8, 4) is 0 Å². The summed E-state index contributed by atoms with van der Waals surface area (Å²) in [6.07, 6.45) is 3.46. The summed E-state index contributed by atoms with van der Waals surface area (Å²) in [5, 5.41) is 1.62. The molecule has 2 aromatic heterocycles. The number of hydrogen-bond donors (Lipinski definition) is 0. The maximum Gasteiger partial charge on any atom is 0.301 e. The fourth-order valence-corrected chi connectivity index (χ4v) is 4.17. The monoisotopic (exact) mass is 352 g/mol. The van der Waals surface area contributed by atoms with Gasteiger partial charge in [0.05, 0.1) is 11.0 Å². The summed E-state index contributed by atoms with van der Waals surface area (Å²) in [5.41, 5.74) is 1.68. The van der Waals surface area contributed by atoms with E-state index in [1.54, 1.807) is 21.5 Å². The first kappa shape index (κ1) is 15.1. The Labute approximate surface area is 145 Å². The fraction of sp³-hybridized carbons (Fsp3) is 0. The highest BCUT2D eigenvalue weighted by Crippen LogP contribution is 2.30. The summed E-state index contributed by atoms with van der Waals surface area (Å²) < 4.78 is 3.13. The van der Waals surface area contributed by atoms with Crippen LogP contribution in [-0.4, -0.2) is 19.6 Å². The van der Waals surface area contributed by atoms with Gasteiger partial charge in [-0.25, -0.2) is 0 Å². The first-order valence-corrected chi connectivity index (χ1v) is 9.44. The van der Waals surface area contributed by atoms with Crippen molar-refractivity contribution >= 4 is 53.9 Å². The van der Waals surface area contributed by atoms with Crippen molar-refractivity contribution in [3.63, 3.8) is 0 Å². The molecule has 4 nitrogen and oxygen atoms in total. The predicted molar refractivity (Wildman–Crippen MR) is 101 cm³/mol. The molecule has 0 amide bonds. The Morgan fingerprint density at radius 1 is 0.625 bits per heavy atom. The van der Waals surface area contributed by atoms with Crippen molar-refractivity contribution in [2.45, 2.75) is 0 Å². The van der Waals surface area contributed by atoms with Crippen LogP contribution in [-0.2, 0) is 0 Å². The van der Waals surface area contributed by atoms with Crippen LogP contribution >= 0.6 is 21.6 Å². The van der Waals surface area contributed by atoms with Crippen LogP contribution in [0.2, 0.25) is 0 Å². The average molecular weight is 352 g/mol. The molecule has 0 aliphatic rings. The average Bonchev–Trinajstić information content (AvgIpc) is 3.23. The van der Waals surface area contributed by atoms with Crippen molar-refractivity contribution in [2.24, 2.45) is 0 Å². The second-order valence-electron chi connectivity index (χ2n) is 5.19. The second kappa shape index (κ2) is 6.22. The molecule has 0 saturated carbocycles. The van der Waals surface area contributed by atoms with Gasteiger partial charge in [-0.1, -0.05) is 36.4 Å². The lowest BCUT2D eigenvalue weighted by atomic mass is 10.2. The number of benzene rings is 2. The van der Waals surface area contributed by atoms with Gasteiger partial charge in [0.25, 0.3) is 0 Å². The number of carbonyl (C=O) groups excluding carboxylic acids is 2. The van der Waals surface area contributed by atoms with E-state index in [0.717, 1.165) is 43.4 Å². The molecule has 0 saturated heterocycles. The summed E-state index contributed by atoms with van der Waals surface area (Å²) in [4.78, 5) is 24.8. The molecule has 2 aromatic carbocycles. The molecule has 0 atom stereocenters. The third-order valence-corrected chi connectivity index (χ3v) is 5.64. The molecule has 0 bridgehead atoms. The first-order valence-electron chi connectivity index (χ1n) is 7.29. The molecule has 2 heterocycles. The van der Waals surface area contributed by atoms with Gasteiger partial charge in [-0.3, -0.25) is 18.7 Å². The smallest absolute Gasteiger partial charge is 0.277 e. The maximum absolute atomic E-state index is 12.4. The van der Waals surface area contributed by atoms with Crippen LogP contribution < -0.4 is 0 Å². The molecule has 24 heavy (non-hydrogen) atoms. The zero-order chi connectivity index (χ0) is 16.5. The van der Waals surface area contributed by atoms with Gasteiger partial charge >= 0.3 is 10.5 Å². The quantitative estimate of drug-likeness (QED) is 0.386. The van der Waals surface area contributed by atoms with Gasteiger partial charge in [-0.2, -0.15) is 0 Å². The Kier molecular flexibility index (Phi) is 3.92. The number of hydrogen-bond acceptors (Lipinski definition) is 4. The molecule has 0 aliphatic heterocycles. The molecule has 118 valence electrons. The highest BCUT2D eigenvalue weighted by atomic mass is 33.1. The summed E-state index contributed by atoms with van der Waals surface area (Å²) in [7, 11) is 1.87. The molecule has 4 aromatic rings. The normalized spacial score (nSPS) is 11.2. The van der Waals surface area contributed by atoms with Gasteiger partial charge in [-0.05, 0) is 24.3 Å². The Balaban J connectivity index is 1.52. The molecule has 0 N–H and O–H groups in total. The van der Waals surface area contributed by atoms with Crippen LogP contribution in [0, 0.1) is 0 Å². The molecule has 0 radical (unpaired) electrons. The van der Waals surface area contributed by atoms with Gasteiger partial charge in [0.1, 0.15) is 0 Å². The lowest BCUT2D eigenvalue weighted by Gasteiger charge is -2.04. The molecule has 0 spiro atoms. The molecular weight excluding hydrogens is 340 g/mol. The van der Waals surface area contributed by atoms with Crippen LogP contribution in [0.25, 0.3) is 21.8 Å². The molecule has 0 fully saturated rings. The summed E-state index contributed by atoms with van der Waals surface area (Å²) >= 11 is 0. The van der Waals surface area contributed by atoms with Gasteiger partial charge in [-0.15, -0.1) is 0 Å². The highest BCUT2D eigenvalue weighted by molar-refractivity contribution is 8.87. The Morgan fingerprint density at radius 3 is 1.50 bits per heavy atom. The fourth-order valence-electron chi connectivity index (χ4n) is 2.64. The van der Waals surface area contributed by atoms with E-state index in [1.807, 2.05) is 60.7 Å². The number of aromatic nitrogens is 2. The number of rotatable bonds is 0. The van der Waals surface area contributed by atoms with E-state index in [2.05, 4.69) is 0 Å². The minimum absolute atomic E-state index is 0.189. The molecule has 0 unspecified atom stereocenters. The van der Waals surface area contributed by atoms with Gasteiger partial charge in [0.2, 0.25) is 0 Å². The van der Waals surface area contributed by atoms with E-state index >= 15 is 0 Å². The van der Waals surface area contributed by atoms with E-state index in [0.29, 0.717) is 0 Å². The van der Waals surface area contributed by atoms with Crippen LogP contribution in [0.5, 0.6) is 0 Å². The van der Waals surface area contributed by atoms with Crippen molar-refractivity contribution in [1.82, 2.24) is 9.13 Å². The van der Waals surface area contributed by atoms with Crippen LogP contribution in [0.4, 0.5) is 9.59 Å². The second-order valence-corrected chi connectivity index (χ2v) is 7.22. The SMILES string of the molecule is O=C(SSC(=O)n1ccc2ccccc21)n1ccc2ccccc21. The van der Waals surface area contributed by atoms with Crippen LogP contribution in [0.15, 0.2) is 73.1 Å². The zero-order valence-electron chi connectivity index (χ0n) is 12.5. The molecule has 0 aliphatic carbocycles. The third-order valence-electron chi connectivity index (χ3n) is 3.78. The standard InChI is InChI=1S/C18H12N2O2S2/c21-17(19-11-9-13-5-1-3-7-15(13)19)23-24-18(22)20-12-10-14-6-2-4-8-16(14)20/h1-12H. The number of nitrogens with zero attached hydrogens (tertiary/aromatic N) is 2.